The van der Waals surface area contributed by atoms with Crippen LogP contribution in [0.5, 0.6) is 0 Å². The molecule has 4 heteroatoms. The molecule has 1 unspecified atom stereocenters. The van der Waals surface area contributed by atoms with Crippen LogP contribution in [0.2, 0.25) is 6.04 Å². The molecule has 0 radical (unpaired) electrons. The van der Waals surface area contributed by atoms with Gasteiger partial charge < -0.3 is 4.43 Å². The van der Waals surface area contributed by atoms with Gasteiger partial charge in [0, 0.05) is 6.10 Å². The first-order chi connectivity index (χ1) is 7.35. The summed E-state index contributed by atoms with van der Waals surface area (Å²) in [4.78, 5) is 13.3. The van der Waals surface area contributed by atoms with Crippen LogP contribution in [0.25, 0.3) is 0 Å². The molecule has 88 valence electrons. The third-order valence-corrected chi connectivity index (χ3v) is 3.89. The highest BCUT2D eigenvalue weighted by molar-refractivity contribution is 6.27. The van der Waals surface area contributed by atoms with Crippen molar-refractivity contribution in [1.29, 1.82) is 0 Å². The van der Waals surface area contributed by atoms with Crippen LogP contribution in [0.3, 0.4) is 0 Å². The highest BCUT2D eigenvalue weighted by Gasteiger charge is 2.03. The van der Waals surface area contributed by atoms with Crippen LogP contribution in [0.1, 0.15) is 46.0 Å². The molecule has 3 nitrogen and oxygen atoms in total. The predicted octanol–water partition coefficient (Wildman–Crippen LogP) is 2.20. The average Bonchev–Trinajstić information content (AvgIpc) is 2.26. The highest BCUT2D eigenvalue weighted by Crippen LogP contribution is 2.07. The highest BCUT2D eigenvalue weighted by atomic mass is 28.2. The molecule has 15 heavy (non-hydrogen) atoms. The van der Waals surface area contributed by atoms with Gasteiger partial charge in [-0.15, -0.1) is 0 Å². The minimum absolute atomic E-state index is 0.342. The van der Waals surface area contributed by atoms with Crippen molar-refractivity contribution in [3.8, 4) is 0 Å². The lowest BCUT2D eigenvalue weighted by Gasteiger charge is -2.14. The molecule has 0 fully saturated rings. The molecule has 0 N–H and O–H groups in total. The van der Waals surface area contributed by atoms with E-state index in [1.54, 1.807) is 6.08 Å². The smallest absolute Gasteiger partial charge is 0.234 e. The number of hydrogen-bond donors (Lipinski definition) is 0. The summed E-state index contributed by atoms with van der Waals surface area (Å²) in [6.07, 6.45) is 7.73. The van der Waals surface area contributed by atoms with E-state index in [4.69, 9.17) is 4.43 Å². The van der Waals surface area contributed by atoms with Gasteiger partial charge in [0.25, 0.3) is 0 Å². The van der Waals surface area contributed by atoms with Gasteiger partial charge in [-0.1, -0.05) is 26.7 Å². The number of hydrogen-bond acceptors (Lipinski definition) is 3. The van der Waals surface area contributed by atoms with Crippen molar-refractivity contribution in [3.63, 3.8) is 0 Å². The fourth-order valence-electron chi connectivity index (χ4n) is 1.49. The number of carbonyl (C=O) groups excluding carboxylic acids is 1. The molecule has 0 heterocycles. The monoisotopic (exact) mass is 229 g/mol. The van der Waals surface area contributed by atoms with Gasteiger partial charge in [0.2, 0.25) is 6.08 Å². The Bertz CT molecular complexity index is 181. The van der Waals surface area contributed by atoms with Crippen molar-refractivity contribution in [3.05, 3.63) is 0 Å². The minimum atomic E-state index is -0.342. The Kier molecular flexibility index (Phi) is 11.3. The first-order valence-corrected chi connectivity index (χ1v) is 7.58. The molecule has 0 aliphatic carbocycles. The van der Waals surface area contributed by atoms with E-state index in [2.05, 4.69) is 18.8 Å². The molecular weight excluding hydrogens is 206 g/mol. The summed E-state index contributed by atoms with van der Waals surface area (Å²) in [6.45, 7) is 5.02. The van der Waals surface area contributed by atoms with Gasteiger partial charge in [0.1, 0.15) is 0 Å². The molecular formula is C11H23NO2Si. The van der Waals surface area contributed by atoms with Crippen molar-refractivity contribution in [1.82, 2.24) is 0 Å². The summed E-state index contributed by atoms with van der Waals surface area (Å²) < 4.78 is 5.87. The number of aliphatic imine (C=N–C) groups is 1. The Morgan fingerprint density at radius 3 is 2.80 bits per heavy atom. The van der Waals surface area contributed by atoms with Crippen molar-refractivity contribution < 1.29 is 9.22 Å². The van der Waals surface area contributed by atoms with E-state index in [0.717, 1.165) is 19.3 Å². The topological polar surface area (TPSA) is 38.7 Å². The van der Waals surface area contributed by atoms with Gasteiger partial charge in [0.15, 0.2) is 9.76 Å². The SMILES string of the molecule is CCCC(CC)O[SiH2]CCCCN=C=O. The molecule has 0 saturated heterocycles. The molecule has 0 aliphatic rings. The summed E-state index contributed by atoms with van der Waals surface area (Å²) in [5.41, 5.74) is 0. The molecule has 0 aromatic heterocycles. The van der Waals surface area contributed by atoms with E-state index in [-0.39, 0.29) is 9.76 Å². The van der Waals surface area contributed by atoms with Crippen molar-refractivity contribution in [2.24, 2.45) is 4.99 Å². The summed E-state index contributed by atoms with van der Waals surface area (Å²) >= 11 is 0. The fraction of sp³-hybridized carbons (Fsp3) is 0.909. The molecule has 0 amide bonds. The molecule has 0 rings (SSSR count). The molecule has 0 saturated carbocycles. The third kappa shape index (κ3) is 9.85. The predicted molar refractivity (Wildman–Crippen MR) is 65.6 cm³/mol. The first-order valence-electron chi connectivity index (χ1n) is 6.00. The maximum absolute atomic E-state index is 9.79. The van der Waals surface area contributed by atoms with Crippen molar-refractivity contribution in [2.45, 2.75) is 58.1 Å². The summed E-state index contributed by atoms with van der Waals surface area (Å²) in [5, 5.41) is 0. The van der Waals surface area contributed by atoms with Crippen LogP contribution in [0.4, 0.5) is 0 Å². The number of unbranched alkanes of at least 4 members (excludes halogenated alkanes) is 1. The molecule has 0 aromatic rings. The second-order valence-corrected chi connectivity index (χ2v) is 5.17. The van der Waals surface area contributed by atoms with E-state index >= 15 is 0 Å². The van der Waals surface area contributed by atoms with E-state index in [0.29, 0.717) is 12.6 Å². The quantitative estimate of drug-likeness (QED) is 0.249. The Balaban J connectivity index is 3.24. The van der Waals surface area contributed by atoms with E-state index in [1.165, 1.54) is 18.9 Å². The zero-order valence-corrected chi connectivity index (χ0v) is 11.4. The first kappa shape index (κ1) is 14.6. The maximum atomic E-state index is 9.79. The van der Waals surface area contributed by atoms with Gasteiger partial charge in [-0.25, -0.2) is 9.79 Å². The maximum Gasteiger partial charge on any atom is 0.234 e. The standard InChI is InChI=1S/C11H23NO2Si/c1-3-7-11(4-2)14-15-9-6-5-8-12-10-13/h11H,3-9,15H2,1-2H3. The Morgan fingerprint density at radius 1 is 1.40 bits per heavy atom. The van der Waals surface area contributed by atoms with Crippen molar-refractivity contribution in [2.75, 3.05) is 6.54 Å². The van der Waals surface area contributed by atoms with Crippen LogP contribution < -0.4 is 0 Å². The Labute approximate surface area is 95.3 Å². The lowest BCUT2D eigenvalue weighted by Crippen LogP contribution is -2.14. The Morgan fingerprint density at radius 2 is 2.20 bits per heavy atom. The molecule has 0 bridgehead atoms. The van der Waals surface area contributed by atoms with Crippen LogP contribution in [-0.2, 0) is 9.22 Å². The lowest BCUT2D eigenvalue weighted by molar-refractivity contribution is 0.194. The second-order valence-electron chi connectivity index (χ2n) is 3.72. The third-order valence-electron chi connectivity index (χ3n) is 2.40. The van der Waals surface area contributed by atoms with Gasteiger partial charge >= 0.3 is 0 Å². The van der Waals surface area contributed by atoms with Crippen LogP contribution >= 0.6 is 0 Å². The molecule has 0 aromatic carbocycles. The lowest BCUT2D eigenvalue weighted by atomic mass is 10.2. The summed E-state index contributed by atoms with van der Waals surface area (Å²) in [7, 11) is -0.342. The number of rotatable bonds is 10. The molecule has 0 aliphatic heterocycles. The van der Waals surface area contributed by atoms with E-state index < -0.39 is 0 Å². The van der Waals surface area contributed by atoms with Crippen molar-refractivity contribution >= 4 is 15.8 Å². The van der Waals surface area contributed by atoms with E-state index in [9.17, 15) is 4.79 Å². The summed E-state index contributed by atoms with van der Waals surface area (Å²) in [6, 6.07) is 1.20. The zero-order valence-electron chi connectivity index (χ0n) is 10.00. The average molecular weight is 229 g/mol. The largest absolute Gasteiger partial charge is 0.421 e. The minimum Gasteiger partial charge on any atom is -0.421 e. The fourth-order valence-corrected chi connectivity index (χ4v) is 2.95. The Hall–Kier alpha value is -0.443. The van der Waals surface area contributed by atoms with Crippen LogP contribution in [0.15, 0.2) is 4.99 Å². The molecule has 0 spiro atoms. The molecule has 1 atom stereocenters. The summed E-state index contributed by atoms with van der Waals surface area (Å²) in [5.74, 6) is 0. The normalized spacial score (nSPS) is 12.9. The number of nitrogens with zero attached hydrogens (tertiary/aromatic N) is 1. The van der Waals surface area contributed by atoms with Crippen LogP contribution in [-0.4, -0.2) is 28.5 Å². The van der Waals surface area contributed by atoms with E-state index in [1.807, 2.05) is 0 Å². The van der Waals surface area contributed by atoms with Gasteiger partial charge in [0.05, 0.1) is 6.54 Å². The van der Waals surface area contributed by atoms with Gasteiger partial charge in [-0.2, -0.15) is 0 Å². The van der Waals surface area contributed by atoms with Crippen LogP contribution in [0, 0.1) is 0 Å². The van der Waals surface area contributed by atoms with Gasteiger partial charge in [-0.05, 0) is 25.3 Å². The zero-order chi connectivity index (χ0) is 11.4. The second kappa shape index (κ2) is 11.6. The van der Waals surface area contributed by atoms with Gasteiger partial charge in [-0.3, -0.25) is 0 Å². The number of isocyanates is 1.